The number of carbonyl (C=O) groups excluding carboxylic acids is 2. The van der Waals surface area contributed by atoms with Crippen molar-refractivity contribution in [1.29, 1.82) is 0 Å². The fraction of sp³-hybridized carbons (Fsp3) is 0.391. The molecule has 178 valence electrons. The van der Waals surface area contributed by atoms with Crippen molar-refractivity contribution >= 4 is 21.8 Å². The van der Waals surface area contributed by atoms with Crippen LogP contribution in [0.2, 0.25) is 0 Å². The molecule has 3 rings (SSSR count). The summed E-state index contributed by atoms with van der Waals surface area (Å²) in [4.78, 5) is 24.8. The van der Waals surface area contributed by atoms with Crippen LogP contribution in [0.15, 0.2) is 47.4 Å². The summed E-state index contributed by atoms with van der Waals surface area (Å²) < 4.78 is 32.9. The van der Waals surface area contributed by atoms with Gasteiger partial charge in [0.25, 0.3) is 11.8 Å². The van der Waals surface area contributed by atoms with Crippen LogP contribution in [0.3, 0.4) is 0 Å². The number of phenols is 1. The van der Waals surface area contributed by atoms with Crippen LogP contribution in [0, 0.1) is 0 Å². The SMILES string of the molecule is CCc1ccc(C(=O)NCCCNC(=O)c2cccc(O)c2)cc1S(=O)(=O)N1CCOCC1. The van der Waals surface area contributed by atoms with Crippen LogP contribution < -0.4 is 10.6 Å². The van der Waals surface area contributed by atoms with E-state index in [1.807, 2.05) is 6.92 Å². The molecule has 0 unspecified atom stereocenters. The highest BCUT2D eigenvalue weighted by molar-refractivity contribution is 7.89. The van der Waals surface area contributed by atoms with Gasteiger partial charge in [-0.25, -0.2) is 8.42 Å². The second kappa shape index (κ2) is 11.3. The molecule has 2 aromatic rings. The molecule has 1 fully saturated rings. The predicted octanol–water partition coefficient (Wildman–Crippen LogP) is 1.53. The second-order valence-corrected chi connectivity index (χ2v) is 9.51. The van der Waals surface area contributed by atoms with Crippen molar-refractivity contribution in [2.45, 2.75) is 24.7 Å². The van der Waals surface area contributed by atoms with Crippen LogP contribution in [0.5, 0.6) is 5.75 Å². The molecule has 1 heterocycles. The first-order valence-corrected chi connectivity index (χ1v) is 12.3. The van der Waals surface area contributed by atoms with Crippen molar-refractivity contribution in [2.24, 2.45) is 0 Å². The number of sulfonamides is 1. The lowest BCUT2D eigenvalue weighted by molar-refractivity contribution is 0.0730. The Kier molecular flexibility index (Phi) is 8.43. The summed E-state index contributed by atoms with van der Waals surface area (Å²) in [6.45, 7) is 3.79. The van der Waals surface area contributed by atoms with E-state index < -0.39 is 10.0 Å². The number of aryl methyl sites for hydroxylation is 1. The van der Waals surface area contributed by atoms with Crippen LogP contribution >= 0.6 is 0 Å². The first-order valence-electron chi connectivity index (χ1n) is 10.9. The number of hydrogen-bond donors (Lipinski definition) is 3. The molecule has 2 amide bonds. The van der Waals surface area contributed by atoms with E-state index in [0.29, 0.717) is 50.3 Å². The molecule has 1 aliphatic heterocycles. The summed E-state index contributed by atoms with van der Waals surface area (Å²) in [6.07, 6.45) is 1.02. The number of rotatable bonds is 9. The summed E-state index contributed by atoms with van der Waals surface area (Å²) in [5, 5.41) is 14.9. The number of phenolic OH excluding ortho intramolecular Hbond substituents is 1. The third kappa shape index (κ3) is 6.31. The molecule has 0 saturated carbocycles. The lowest BCUT2D eigenvalue weighted by Gasteiger charge is -2.27. The highest BCUT2D eigenvalue weighted by Crippen LogP contribution is 2.23. The van der Waals surface area contributed by atoms with E-state index in [9.17, 15) is 23.1 Å². The zero-order chi connectivity index (χ0) is 23.8. The zero-order valence-corrected chi connectivity index (χ0v) is 19.4. The predicted molar refractivity (Wildman–Crippen MR) is 123 cm³/mol. The molecule has 0 aromatic heterocycles. The van der Waals surface area contributed by atoms with E-state index in [0.717, 1.165) is 0 Å². The van der Waals surface area contributed by atoms with Gasteiger partial charge in [0.2, 0.25) is 10.0 Å². The van der Waals surface area contributed by atoms with Crippen LogP contribution in [0.4, 0.5) is 0 Å². The van der Waals surface area contributed by atoms with Gasteiger partial charge >= 0.3 is 0 Å². The summed E-state index contributed by atoms with van der Waals surface area (Å²) in [7, 11) is -3.72. The molecule has 2 aromatic carbocycles. The molecule has 3 N–H and O–H groups in total. The van der Waals surface area contributed by atoms with E-state index in [2.05, 4.69) is 10.6 Å². The minimum absolute atomic E-state index is 0.0130. The molecule has 0 atom stereocenters. The summed E-state index contributed by atoms with van der Waals surface area (Å²) in [5.41, 5.74) is 1.28. The summed E-state index contributed by atoms with van der Waals surface area (Å²) in [6, 6.07) is 10.8. The number of nitrogens with zero attached hydrogens (tertiary/aromatic N) is 1. The Morgan fingerprint density at radius 1 is 1.00 bits per heavy atom. The maximum Gasteiger partial charge on any atom is 0.251 e. The molecule has 0 radical (unpaired) electrons. The van der Waals surface area contributed by atoms with Crippen molar-refractivity contribution in [1.82, 2.24) is 14.9 Å². The molecule has 1 aliphatic rings. The fourth-order valence-electron chi connectivity index (χ4n) is 3.50. The van der Waals surface area contributed by atoms with Crippen LogP contribution in [-0.4, -0.2) is 69.0 Å². The van der Waals surface area contributed by atoms with Crippen LogP contribution in [0.25, 0.3) is 0 Å². The highest BCUT2D eigenvalue weighted by atomic mass is 32.2. The lowest BCUT2D eigenvalue weighted by Crippen LogP contribution is -2.41. The number of ether oxygens (including phenoxy) is 1. The Bertz CT molecular complexity index is 1100. The smallest absolute Gasteiger partial charge is 0.251 e. The number of hydrogen-bond acceptors (Lipinski definition) is 6. The maximum absolute atomic E-state index is 13.1. The summed E-state index contributed by atoms with van der Waals surface area (Å²) in [5.74, 6) is -0.681. The van der Waals surface area contributed by atoms with Crippen molar-refractivity contribution in [2.75, 3.05) is 39.4 Å². The molecule has 10 heteroatoms. The molecule has 33 heavy (non-hydrogen) atoms. The molecule has 9 nitrogen and oxygen atoms in total. The Morgan fingerprint density at radius 2 is 1.64 bits per heavy atom. The minimum Gasteiger partial charge on any atom is -0.508 e. The molecule has 0 aliphatic carbocycles. The van der Waals surface area contributed by atoms with E-state index in [1.165, 1.54) is 22.5 Å². The average molecular weight is 476 g/mol. The Labute approximate surface area is 193 Å². The third-order valence-electron chi connectivity index (χ3n) is 5.33. The standard InChI is InChI=1S/C23H29N3O6S/c1-2-17-7-8-19(16-21(17)33(30,31)26-11-13-32-14-12-26)23(29)25-10-4-9-24-22(28)18-5-3-6-20(27)15-18/h3,5-8,15-16,27H,2,4,9-14H2,1H3,(H,24,28)(H,25,29). The second-order valence-electron chi connectivity index (χ2n) is 7.61. The number of benzene rings is 2. The number of nitrogens with one attached hydrogen (secondary N) is 2. The monoisotopic (exact) mass is 475 g/mol. The van der Waals surface area contributed by atoms with Gasteiger partial charge in [-0.2, -0.15) is 4.31 Å². The molecule has 0 spiro atoms. The van der Waals surface area contributed by atoms with Crippen molar-refractivity contribution in [3.05, 3.63) is 59.2 Å². The third-order valence-corrected chi connectivity index (χ3v) is 7.31. The Morgan fingerprint density at radius 3 is 2.24 bits per heavy atom. The quantitative estimate of drug-likeness (QED) is 0.473. The number of aromatic hydroxyl groups is 1. The highest BCUT2D eigenvalue weighted by Gasteiger charge is 2.29. The van der Waals surface area contributed by atoms with Gasteiger partial charge in [-0.05, 0) is 48.7 Å². The van der Waals surface area contributed by atoms with Crippen molar-refractivity contribution in [3.8, 4) is 5.75 Å². The van der Waals surface area contributed by atoms with Gasteiger partial charge in [0.05, 0.1) is 18.1 Å². The van der Waals surface area contributed by atoms with Gasteiger partial charge in [-0.1, -0.05) is 19.1 Å². The topological polar surface area (TPSA) is 125 Å². The van der Waals surface area contributed by atoms with Crippen molar-refractivity contribution < 1.29 is 27.9 Å². The van der Waals surface area contributed by atoms with Gasteiger partial charge in [-0.3, -0.25) is 9.59 Å². The Balaban J connectivity index is 1.56. The summed E-state index contributed by atoms with van der Waals surface area (Å²) >= 11 is 0. The van der Waals surface area contributed by atoms with Gasteiger partial charge in [0, 0.05) is 37.3 Å². The zero-order valence-electron chi connectivity index (χ0n) is 18.5. The average Bonchev–Trinajstić information content (AvgIpc) is 2.83. The van der Waals surface area contributed by atoms with Crippen LogP contribution in [0.1, 0.15) is 39.6 Å². The largest absolute Gasteiger partial charge is 0.508 e. The number of morpholine rings is 1. The van der Waals surface area contributed by atoms with E-state index in [-0.39, 0.29) is 41.1 Å². The van der Waals surface area contributed by atoms with E-state index >= 15 is 0 Å². The number of carbonyl (C=O) groups is 2. The first kappa shape index (κ1) is 24.7. The Hall–Kier alpha value is -2.95. The fourth-order valence-corrected chi connectivity index (χ4v) is 5.23. The lowest BCUT2D eigenvalue weighted by atomic mass is 10.1. The minimum atomic E-state index is -3.72. The normalized spacial score (nSPS) is 14.6. The van der Waals surface area contributed by atoms with Gasteiger partial charge in [0.1, 0.15) is 5.75 Å². The maximum atomic E-state index is 13.1. The van der Waals surface area contributed by atoms with Crippen molar-refractivity contribution in [3.63, 3.8) is 0 Å². The van der Waals surface area contributed by atoms with E-state index in [1.54, 1.807) is 24.3 Å². The van der Waals surface area contributed by atoms with Gasteiger partial charge in [0.15, 0.2) is 0 Å². The van der Waals surface area contributed by atoms with E-state index in [4.69, 9.17) is 4.74 Å². The van der Waals surface area contributed by atoms with Gasteiger partial charge in [-0.15, -0.1) is 0 Å². The first-order chi connectivity index (χ1) is 15.8. The van der Waals surface area contributed by atoms with Crippen LogP contribution in [-0.2, 0) is 21.2 Å². The molecular weight excluding hydrogens is 446 g/mol. The number of amides is 2. The molecule has 0 bridgehead atoms. The van der Waals surface area contributed by atoms with Gasteiger partial charge < -0.3 is 20.5 Å². The molecular formula is C23H29N3O6S. The molecule has 1 saturated heterocycles.